The molecule has 1 atom stereocenters. The average molecular weight is 385 g/mol. The van der Waals surface area contributed by atoms with Crippen molar-refractivity contribution in [3.8, 4) is 5.75 Å². The number of carbonyl (C=O) groups excluding carboxylic acids is 3. The number of carbonyl (C=O) groups is 3. The number of aromatic nitrogens is 2. The molecule has 1 aliphatic rings. The Kier molecular flexibility index (Phi) is 6.25. The Bertz CT molecular complexity index is 837. The number of imide groups is 1. The van der Waals surface area contributed by atoms with Crippen LogP contribution in [0, 0.1) is 0 Å². The second-order valence-electron chi connectivity index (χ2n) is 6.40. The van der Waals surface area contributed by atoms with Gasteiger partial charge in [-0.05, 0) is 18.6 Å². The number of methoxy groups -OCH3 is 1. The van der Waals surface area contributed by atoms with Gasteiger partial charge in [0.2, 0.25) is 5.91 Å². The summed E-state index contributed by atoms with van der Waals surface area (Å²) in [5.74, 6) is 0.112. The van der Waals surface area contributed by atoms with Crippen molar-refractivity contribution in [3.05, 3.63) is 48.3 Å². The van der Waals surface area contributed by atoms with E-state index in [1.807, 2.05) is 24.4 Å². The Morgan fingerprint density at radius 1 is 1.29 bits per heavy atom. The topological polar surface area (TPSA) is 106 Å². The van der Waals surface area contributed by atoms with Crippen LogP contribution in [-0.4, -0.2) is 52.2 Å². The fraction of sp³-hybridized carbons (Fsp3) is 0.368. The molecule has 9 nitrogen and oxygen atoms in total. The molecule has 0 spiro atoms. The average Bonchev–Trinajstić information content (AvgIpc) is 3.30. The van der Waals surface area contributed by atoms with Gasteiger partial charge in [0.1, 0.15) is 11.8 Å². The van der Waals surface area contributed by atoms with Gasteiger partial charge in [-0.2, -0.15) is 5.10 Å². The third-order valence-corrected chi connectivity index (χ3v) is 4.51. The fourth-order valence-electron chi connectivity index (χ4n) is 3.03. The van der Waals surface area contributed by atoms with Crippen molar-refractivity contribution in [1.82, 2.24) is 25.3 Å². The summed E-state index contributed by atoms with van der Waals surface area (Å²) in [5.41, 5.74) is 0.741. The minimum Gasteiger partial charge on any atom is -0.496 e. The van der Waals surface area contributed by atoms with Gasteiger partial charge in [0, 0.05) is 30.9 Å². The SMILES string of the molecule is COc1ccccc1CN1C(=O)NC(CCC(=O)NCCn2cccn2)C1=O. The molecule has 28 heavy (non-hydrogen) atoms. The molecule has 0 saturated carbocycles. The highest BCUT2D eigenvalue weighted by atomic mass is 16.5. The normalized spacial score (nSPS) is 16.2. The summed E-state index contributed by atoms with van der Waals surface area (Å²) in [6.07, 6.45) is 3.89. The number of hydrogen-bond acceptors (Lipinski definition) is 5. The Balaban J connectivity index is 1.47. The second-order valence-corrected chi connectivity index (χ2v) is 6.40. The standard InChI is InChI=1S/C19H23N5O4/c1-28-16-6-3-2-5-14(16)13-24-18(26)15(22-19(24)27)7-8-17(25)20-10-12-23-11-4-9-21-23/h2-6,9,11,15H,7-8,10,12-13H2,1H3,(H,20,25)(H,22,27). The Hall–Kier alpha value is -3.36. The zero-order valence-electron chi connectivity index (χ0n) is 15.6. The zero-order valence-corrected chi connectivity index (χ0v) is 15.6. The molecule has 2 heterocycles. The molecule has 1 aromatic heterocycles. The molecule has 0 aliphatic carbocycles. The van der Waals surface area contributed by atoms with Crippen LogP contribution in [0.25, 0.3) is 0 Å². The predicted octanol–water partition coefficient (Wildman–Crippen LogP) is 0.909. The third-order valence-electron chi connectivity index (χ3n) is 4.51. The predicted molar refractivity (Wildman–Crippen MR) is 100 cm³/mol. The van der Waals surface area contributed by atoms with Gasteiger partial charge in [-0.1, -0.05) is 18.2 Å². The molecule has 0 radical (unpaired) electrons. The lowest BCUT2D eigenvalue weighted by Gasteiger charge is -2.15. The first-order chi connectivity index (χ1) is 13.6. The van der Waals surface area contributed by atoms with E-state index >= 15 is 0 Å². The summed E-state index contributed by atoms with van der Waals surface area (Å²) >= 11 is 0. The molecule has 2 N–H and O–H groups in total. The smallest absolute Gasteiger partial charge is 0.325 e. The minimum absolute atomic E-state index is 0.126. The number of nitrogens with zero attached hydrogens (tertiary/aromatic N) is 3. The molecule has 1 fully saturated rings. The van der Waals surface area contributed by atoms with Crippen LogP contribution in [0.4, 0.5) is 4.79 Å². The first kappa shape index (κ1) is 19.4. The Labute approximate surface area is 162 Å². The van der Waals surface area contributed by atoms with Crippen LogP contribution in [0.5, 0.6) is 5.75 Å². The molecule has 9 heteroatoms. The van der Waals surface area contributed by atoms with Gasteiger partial charge in [0.15, 0.2) is 0 Å². The maximum Gasteiger partial charge on any atom is 0.325 e. The van der Waals surface area contributed by atoms with Crippen LogP contribution in [0.2, 0.25) is 0 Å². The number of para-hydroxylation sites is 1. The molecule has 3 rings (SSSR count). The summed E-state index contributed by atoms with van der Waals surface area (Å²) < 4.78 is 6.99. The highest BCUT2D eigenvalue weighted by Crippen LogP contribution is 2.22. The molecule has 1 unspecified atom stereocenters. The molecule has 1 saturated heterocycles. The van der Waals surface area contributed by atoms with E-state index in [-0.39, 0.29) is 31.2 Å². The van der Waals surface area contributed by atoms with Gasteiger partial charge in [0.05, 0.1) is 20.2 Å². The van der Waals surface area contributed by atoms with Crippen LogP contribution >= 0.6 is 0 Å². The van der Waals surface area contributed by atoms with E-state index in [9.17, 15) is 14.4 Å². The number of hydrogen-bond donors (Lipinski definition) is 2. The first-order valence-electron chi connectivity index (χ1n) is 9.06. The van der Waals surface area contributed by atoms with Gasteiger partial charge >= 0.3 is 6.03 Å². The van der Waals surface area contributed by atoms with Gasteiger partial charge in [-0.3, -0.25) is 19.2 Å². The molecule has 1 aromatic carbocycles. The van der Waals surface area contributed by atoms with E-state index in [0.717, 1.165) is 10.5 Å². The summed E-state index contributed by atoms with van der Waals surface area (Å²) in [4.78, 5) is 37.9. The number of amides is 4. The lowest BCUT2D eigenvalue weighted by atomic mass is 10.1. The number of benzene rings is 1. The number of ether oxygens (including phenoxy) is 1. The van der Waals surface area contributed by atoms with Crippen molar-refractivity contribution in [2.45, 2.75) is 32.0 Å². The number of nitrogens with one attached hydrogen (secondary N) is 2. The Morgan fingerprint density at radius 3 is 2.86 bits per heavy atom. The van der Waals surface area contributed by atoms with Crippen molar-refractivity contribution in [2.24, 2.45) is 0 Å². The van der Waals surface area contributed by atoms with E-state index in [1.54, 1.807) is 30.1 Å². The molecule has 2 aromatic rings. The van der Waals surface area contributed by atoms with Crippen LogP contribution in [0.1, 0.15) is 18.4 Å². The van der Waals surface area contributed by atoms with E-state index in [4.69, 9.17) is 4.74 Å². The molecule has 1 aliphatic heterocycles. The van der Waals surface area contributed by atoms with Crippen molar-refractivity contribution in [3.63, 3.8) is 0 Å². The third kappa shape index (κ3) is 4.67. The second kappa shape index (κ2) is 9.03. The van der Waals surface area contributed by atoms with E-state index in [2.05, 4.69) is 15.7 Å². The minimum atomic E-state index is -0.695. The number of urea groups is 1. The lowest BCUT2D eigenvalue weighted by Crippen LogP contribution is -2.33. The van der Waals surface area contributed by atoms with Crippen LogP contribution in [0.15, 0.2) is 42.7 Å². The lowest BCUT2D eigenvalue weighted by molar-refractivity contribution is -0.128. The summed E-state index contributed by atoms with van der Waals surface area (Å²) in [6, 6.07) is 7.88. The molecule has 4 amide bonds. The highest BCUT2D eigenvalue weighted by Gasteiger charge is 2.38. The van der Waals surface area contributed by atoms with E-state index in [1.165, 1.54) is 0 Å². The molecular weight excluding hydrogens is 362 g/mol. The van der Waals surface area contributed by atoms with Crippen LogP contribution < -0.4 is 15.4 Å². The van der Waals surface area contributed by atoms with Crippen molar-refractivity contribution in [1.29, 1.82) is 0 Å². The van der Waals surface area contributed by atoms with Gasteiger partial charge in [0.25, 0.3) is 5.91 Å². The van der Waals surface area contributed by atoms with Crippen LogP contribution in [-0.2, 0) is 22.7 Å². The quantitative estimate of drug-likeness (QED) is 0.624. The molecule has 0 bridgehead atoms. The summed E-state index contributed by atoms with van der Waals surface area (Å²) in [5, 5.41) is 9.49. The summed E-state index contributed by atoms with van der Waals surface area (Å²) in [7, 11) is 1.54. The first-order valence-corrected chi connectivity index (χ1v) is 9.06. The van der Waals surface area contributed by atoms with E-state index in [0.29, 0.717) is 18.8 Å². The van der Waals surface area contributed by atoms with Crippen molar-refractivity contribution in [2.75, 3.05) is 13.7 Å². The highest BCUT2D eigenvalue weighted by molar-refractivity contribution is 6.04. The van der Waals surface area contributed by atoms with Crippen molar-refractivity contribution < 1.29 is 19.1 Å². The van der Waals surface area contributed by atoms with E-state index < -0.39 is 12.1 Å². The van der Waals surface area contributed by atoms with Crippen molar-refractivity contribution >= 4 is 17.8 Å². The Morgan fingerprint density at radius 2 is 2.11 bits per heavy atom. The molecule has 148 valence electrons. The fourth-order valence-corrected chi connectivity index (χ4v) is 3.03. The zero-order chi connectivity index (χ0) is 19.9. The maximum absolute atomic E-state index is 12.6. The summed E-state index contributed by atoms with van der Waals surface area (Å²) in [6.45, 7) is 1.15. The largest absolute Gasteiger partial charge is 0.496 e. The monoisotopic (exact) mass is 385 g/mol. The molecular formula is C19H23N5O4. The van der Waals surface area contributed by atoms with Gasteiger partial charge in [-0.25, -0.2) is 4.79 Å². The van der Waals surface area contributed by atoms with Crippen LogP contribution in [0.3, 0.4) is 0 Å². The van der Waals surface area contributed by atoms with Gasteiger partial charge < -0.3 is 15.4 Å². The van der Waals surface area contributed by atoms with Gasteiger partial charge in [-0.15, -0.1) is 0 Å². The maximum atomic E-state index is 12.6. The number of rotatable bonds is 9.